The minimum atomic E-state index is 0.556. The van der Waals surface area contributed by atoms with Crippen LogP contribution in [0.3, 0.4) is 0 Å². The first-order valence-corrected chi connectivity index (χ1v) is 2.66. The molecule has 0 amide bonds. The van der Waals surface area contributed by atoms with Gasteiger partial charge in [-0.3, -0.25) is 5.32 Å². The van der Waals surface area contributed by atoms with Crippen molar-refractivity contribution in [3.63, 3.8) is 0 Å². The second kappa shape index (κ2) is 1.57. The molecule has 0 aromatic heterocycles. The Kier molecular flexibility index (Phi) is 1.05. The van der Waals surface area contributed by atoms with Gasteiger partial charge in [0.1, 0.15) is 0 Å². The Morgan fingerprint density at radius 3 is 2.71 bits per heavy atom. The highest BCUT2D eigenvalue weighted by atomic mass is 14.9. The molecule has 1 aliphatic heterocycles. The zero-order valence-electron chi connectivity index (χ0n) is 4.81. The van der Waals surface area contributed by atoms with E-state index < -0.39 is 0 Å². The Morgan fingerprint density at radius 1 is 1.86 bits per heavy atom. The van der Waals surface area contributed by atoms with Gasteiger partial charge in [-0.25, -0.2) is 0 Å². The molecule has 0 bridgehead atoms. The van der Waals surface area contributed by atoms with Crippen LogP contribution in [0.25, 0.3) is 0 Å². The van der Waals surface area contributed by atoms with Crippen LogP contribution in [0, 0.1) is 0 Å². The van der Waals surface area contributed by atoms with E-state index in [0.717, 1.165) is 6.42 Å². The van der Waals surface area contributed by atoms with Crippen LogP contribution in [0.2, 0.25) is 0 Å². The molecule has 1 rings (SSSR count). The maximum absolute atomic E-state index is 4.25. The molecular weight excluding hydrogens is 86.1 g/mol. The summed E-state index contributed by atoms with van der Waals surface area (Å²) in [5.74, 6) is 0. The van der Waals surface area contributed by atoms with Crippen LogP contribution in [0.15, 0.2) is 11.8 Å². The molecule has 7 heavy (non-hydrogen) atoms. The Balaban J connectivity index is 2.42. The van der Waals surface area contributed by atoms with Crippen molar-refractivity contribution in [2.24, 2.45) is 0 Å². The van der Waals surface area contributed by atoms with Gasteiger partial charge in [-0.15, -0.1) is 0 Å². The topological polar surface area (TPSA) is 14.1 Å². The highest BCUT2D eigenvalue weighted by molar-refractivity contribution is 5.04. The molecule has 0 fully saturated rings. The zero-order valence-corrected chi connectivity index (χ0v) is 4.81. The van der Waals surface area contributed by atoms with E-state index in [1.165, 1.54) is 5.70 Å². The summed E-state index contributed by atoms with van der Waals surface area (Å²) in [7, 11) is 0. The first-order chi connectivity index (χ1) is 3.29. The highest BCUT2D eigenvalue weighted by Gasteiger charge is 2.07. The van der Waals surface area contributed by atoms with E-state index in [1.807, 2.05) is 6.92 Å². The van der Waals surface area contributed by atoms with Gasteiger partial charge in [-0.2, -0.15) is 0 Å². The van der Waals surface area contributed by atoms with E-state index in [4.69, 9.17) is 0 Å². The number of rotatable bonds is 0. The van der Waals surface area contributed by atoms with Crippen LogP contribution >= 0.6 is 0 Å². The van der Waals surface area contributed by atoms with Gasteiger partial charge in [-0.1, -0.05) is 6.08 Å². The van der Waals surface area contributed by atoms with Gasteiger partial charge in [0, 0.05) is 5.70 Å². The molecule has 1 atom stereocenters. The SMILES string of the molecule is CC1=CCC(C)[N]1. The third-order valence-corrected chi connectivity index (χ3v) is 1.18. The summed E-state index contributed by atoms with van der Waals surface area (Å²) in [4.78, 5) is 0. The average Bonchev–Trinajstić information content (AvgIpc) is 1.87. The minimum absolute atomic E-state index is 0.556. The molecule has 0 saturated carbocycles. The van der Waals surface area contributed by atoms with Crippen LogP contribution in [0.5, 0.6) is 0 Å². The summed E-state index contributed by atoms with van der Waals surface area (Å²) in [6, 6.07) is 0.556. The smallest absolute Gasteiger partial charge is 0.0509 e. The first-order valence-electron chi connectivity index (χ1n) is 2.66. The standard InChI is InChI=1S/C6H10N/c1-5-3-4-6(2)7-5/h3,6H,4H2,1-2H3. The van der Waals surface area contributed by atoms with Crippen molar-refractivity contribution in [3.05, 3.63) is 11.8 Å². The summed E-state index contributed by atoms with van der Waals surface area (Å²) in [5.41, 5.74) is 1.20. The molecule has 0 N–H and O–H groups in total. The van der Waals surface area contributed by atoms with Crippen molar-refractivity contribution in [2.75, 3.05) is 0 Å². The molecule has 0 spiro atoms. The zero-order chi connectivity index (χ0) is 5.28. The van der Waals surface area contributed by atoms with Gasteiger partial charge < -0.3 is 0 Å². The largest absolute Gasteiger partial charge is 0.287 e. The third kappa shape index (κ3) is 0.952. The molecule has 0 aromatic rings. The maximum atomic E-state index is 4.25. The minimum Gasteiger partial charge on any atom is -0.287 e. The fourth-order valence-electron chi connectivity index (χ4n) is 0.794. The highest BCUT2D eigenvalue weighted by Crippen LogP contribution is 2.08. The molecule has 0 aliphatic carbocycles. The van der Waals surface area contributed by atoms with Gasteiger partial charge in [0.15, 0.2) is 0 Å². The van der Waals surface area contributed by atoms with Gasteiger partial charge in [-0.05, 0) is 20.3 Å². The van der Waals surface area contributed by atoms with Gasteiger partial charge in [0.05, 0.1) is 6.04 Å². The summed E-state index contributed by atoms with van der Waals surface area (Å²) < 4.78 is 0. The lowest BCUT2D eigenvalue weighted by molar-refractivity contribution is 0.659. The summed E-state index contributed by atoms with van der Waals surface area (Å²) in [5, 5.41) is 4.25. The molecule has 0 aromatic carbocycles. The number of hydrogen-bond donors (Lipinski definition) is 0. The molecule has 1 aliphatic rings. The van der Waals surface area contributed by atoms with E-state index >= 15 is 0 Å². The number of hydrogen-bond acceptors (Lipinski definition) is 0. The van der Waals surface area contributed by atoms with E-state index in [1.54, 1.807) is 0 Å². The van der Waals surface area contributed by atoms with Crippen molar-refractivity contribution in [1.29, 1.82) is 0 Å². The van der Waals surface area contributed by atoms with Crippen LogP contribution in [0.4, 0.5) is 0 Å². The molecule has 1 radical (unpaired) electrons. The third-order valence-electron chi connectivity index (χ3n) is 1.18. The average molecular weight is 96.2 g/mol. The summed E-state index contributed by atoms with van der Waals surface area (Å²) >= 11 is 0. The Labute approximate surface area is 44.4 Å². The monoisotopic (exact) mass is 96.1 g/mol. The fourth-order valence-corrected chi connectivity index (χ4v) is 0.794. The van der Waals surface area contributed by atoms with Crippen molar-refractivity contribution >= 4 is 0 Å². The maximum Gasteiger partial charge on any atom is 0.0509 e. The lowest BCUT2D eigenvalue weighted by atomic mass is 10.3. The first kappa shape index (κ1) is 4.69. The fraction of sp³-hybridized carbons (Fsp3) is 0.667. The van der Waals surface area contributed by atoms with Crippen molar-refractivity contribution < 1.29 is 0 Å². The van der Waals surface area contributed by atoms with Crippen LogP contribution < -0.4 is 5.32 Å². The molecule has 1 nitrogen and oxygen atoms in total. The normalized spacial score (nSPS) is 29.4. The molecule has 0 saturated heterocycles. The van der Waals surface area contributed by atoms with Crippen LogP contribution in [-0.4, -0.2) is 6.04 Å². The predicted molar refractivity (Wildman–Crippen MR) is 30.0 cm³/mol. The van der Waals surface area contributed by atoms with Crippen LogP contribution in [0.1, 0.15) is 20.3 Å². The second-order valence-electron chi connectivity index (χ2n) is 2.06. The van der Waals surface area contributed by atoms with Gasteiger partial charge in [0.25, 0.3) is 0 Å². The Hall–Kier alpha value is -0.460. The van der Waals surface area contributed by atoms with E-state index in [9.17, 15) is 0 Å². The quantitative estimate of drug-likeness (QED) is 0.431. The van der Waals surface area contributed by atoms with E-state index in [0.29, 0.717) is 6.04 Å². The molecular formula is C6H10N. The Bertz CT molecular complexity index is 94.4. The van der Waals surface area contributed by atoms with Crippen molar-refractivity contribution in [2.45, 2.75) is 26.3 Å². The van der Waals surface area contributed by atoms with Gasteiger partial charge in [0.2, 0.25) is 0 Å². The Morgan fingerprint density at radius 2 is 2.57 bits per heavy atom. The second-order valence-corrected chi connectivity index (χ2v) is 2.06. The number of nitrogens with zero attached hydrogens (tertiary/aromatic N) is 1. The lowest BCUT2D eigenvalue weighted by Crippen LogP contribution is -2.08. The van der Waals surface area contributed by atoms with E-state index in [-0.39, 0.29) is 0 Å². The molecule has 39 valence electrons. The summed E-state index contributed by atoms with van der Waals surface area (Å²) in [6.45, 7) is 4.18. The van der Waals surface area contributed by atoms with E-state index in [2.05, 4.69) is 18.3 Å². The predicted octanol–water partition coefficient (Wildman–Crippen LogP) is 1.29. The summed E-state index contributed by atoms with van der Waals surface area (Å²) in [6.07, 6.45) is 3.32. The molecule has 1 heterocycles. The van der Waals surface area contributed by atoms with Gasteiger partial charge >= 0.3 is 0 Å². The number of allylic oxidation sites excluding steroid dienone is 1. The molecule has 1 unspecified atom stereocenters. The lowest BCUT2D eigenvalue weighted by Gasteiger charge is -1.97. The van der Waals surface area contributed by atoms with Crippen molar-refractivity contribution in [1.82, 2.24) is 5.32 Å². The van der Waals surface area contributed by atoms with Crippen molar-refractivity contribution in [3.8, 4) is 0 Å². The molecule has 1 heteroatoms. The van der Waals surface area contributed by atoms with Crippen LogP contribution in [-0.2, 0) is 0 Å².